The van der Waals surface area contributed by atoms with Gasteiger partial charge in [0.05, 0.1) is 0 Å². The summed E-state index contributed by atoms with van der Waals surface area (Å²) in [6.45, 7) is 0. The number of phosphoric acid groups is 1. The van der Waals surface area contributed by atoms with Crippen molar-refractivity contribution in [3.05, 3.63) is 77.0 Å². The van der Waals surface area contributed by atoms with Crippen LogP contribution in [0.1, 0.15) is 11.1 Å². The zero-order valence-electron chi connectivity index (χ0n) is 12.2. The molecular weight excluding hydrogens is 323 g/mol. The highest BCUT2D eigenvalue weighted by Gasteiger charge is 2.23. The molecule has 6 heteroatoms. The van der Waals surface area contributed by atoms with E-state index in [1.807, 2.05) is 42.5 Å². The number of benzene rings is 2. The summed E-state index contributed by atoms with van der Waals surface area (Å²) in [4.78, 5) is 0. The molecular formula is C16H16ClO4P. The van der Waals surface area contributed by atoms with Gasteiger partial charge in [0.1, 0.15) is 6.26 Å². The molecule has 2 rings (SSSR count). The molecule has 0 fully saturated rings. The molecule has 0 amide bonds. The van der Waals surface area contributed by atoms with Gasteiger partial charge in [-0.2, -0.15) is 0 Å². The van der Waals surface area contributed by atoms with Crippen molar-refractivity contribution in [3.8, 4) is 0 Å². The fraction of sp³-hybridized carbons (Fsp3) is 0.125. The third-order valence-electron chi connectivity index (χ3n) is 2.97. The quantitative estimate of drug-likeness (QED) is 0.540. The first kappa shape index (κ1) is 16.8. The Labute approximate surface area is 134 Å². The average Bonchev–Trinajstić information content (AvgIpc) is 2.56. The summed E-state index contributed by atoms with van der Waals surface area (Å²) in [6, 6.07) is 16.9. The molecule has 0 heterocycles. The number of hydrogen-bond donors (Lipinski definition) is 0. The number of rotatable bonds is 6. The van der Waals surface area contributed by atoms with E-state index in [2.05, 4.69) is 0 Å². The lowest BCUT2D eigenvalue weighted by Gasteiger charge is -2.14. The van der Waals surface area contributed by atoms with Gasteiger partial charge in [0.2, 0.25) is 0 Å². The van der Waals surface area contributed by atoms with Crippen LogP contribution in [0.5, 0.6) is 0 Å². The van der Waals surface area contributed by atoms with Crippen molar-refractivity contribution in [3.63, 3.8) is 0 Å². The van der Waals surface area contributed by atoms with Crippen LogP contribution in [0.3, 0.4) is 0 Å². The van der Waals surface area contributed by atoms with Gasteiger partial charge in [-0.1, -0.05) is 54.1 Å². The molecule has 4 nitrogen and oxygen atoms in total. The fourth-order valence-electron chi connectivity index (χ4n) is 1.85. The molecule has 22 heavy (non-hydrogen) atoms. The van der Waals surface area contributed by atoms with Crippen LogP contribution in [0.25, 0.3) is 5.57 Å². The van der Waals surface area contributed by atoms with Gasteiger partial charge in [-0.25, -0.2) is 4.57 Å². The van der Waals surface area contributed by atoms with E-state index in [-0.39, 0.29) is 0 Å². The van der Waals surface area contributed by atoms with Crippen LogP contribution in [0, 0.1) is 0 Å². The second kappa shape index (κ2) is 7.61. The lowest BCUT2D eigenvalue weighted by atomic mass is 9.99. The van der Waals surface area contributed by atoms with E-state index in [9.17, 15) is 4.57 Å². The molecule has 2 aromatic carbocycles. The van der Waals surface area contributed by atoms with Crippen LogP contribution < -0.4 is 0 Å². The third-order valence-corrected chi connectivity index (χ3v) is 4.46. The van der Waals surface area contributed by atoms with Gasteiger partial charge in [-0.15, -0.1) is 0 Å². The topological polar surface area (TPSA) is 44.8 Å². The maximum atomic E-state index is 12.0. The molecule has 116 valence electrons. The highest BCUT2D eigenvalue weighted by Crippen LogP contribution is 2.48. The fourth-order valence-corrected chi connectivity index (χ4v) is 2.60. The normalized spacial score (nSPS) is 12.2. The Morgan fingerprint density at radius 3 is 2.23 bits per heavy atom. The molecule has 0 aliphatic heterocycles. The first-order valence-corrected chi connectivity index (χ1v) is 8.33. The molecule has 0 aliphatic rings. The second-order valence-corrected chi connectivity index (χ2v) is 6.60. The Morgan fingerprint density at radius 1 is 1.00 bits per heavy atom. The Balaban J connectivity index is 2.45. The zero-order valence-corrected chi connectivity index (χ0v) is 13.9. The molecule has 0 aliphatic carbocycles. The number of hydrogen-bond acceptors (Lipinski definition) is 4. The van der Waals surface area contributed by atoms with Gasteiger partial charge in [-0.05, 0) is 23.3 Å². The van der Waals surface area contributed by atoms with Crippen LogP contribution in [0.15, 0.2) is 60.9 Å². The van der Waals surface area contributed by atoms with E-state index in [0.717, 1.165) is 16.7 Å². The minimum atomic E-state index is -3.60. The molecule has 0 radical (unpaired) electrons. The maximum Gasteiger partial charge on any atom is 0.528 e. The Hall–Kier alpha value is -1.58. The summed E-state index contributed by atoms with van der Waals surface area (Å²) in [5.74, 6) is 0. The zero-order chi connectivity index (χ0) is 16.0. The van der Waals surface area contributed by atoms with Crippen molar-refractivity contribution >= 4 is 25.0 Å². The maximum absolute atomic E-state index is 12.0. The van der Waals surface area contributed by atoms with Crippen LogP contribution in [-0.2, 0) is 18.1 Å². The Morgan fingerprint density at radius 2 is 1.64 bits per heavy atom. The van der Waals surface area contributed by atoms with Crippen LogP contribution in [0.4, 0.5) is 0 Å². The van der Waals surface area contributed by atoms with E-state index >= 15 is 0 Å². The summed E-state index contributed by atoms with van der Waals surface area (Å²) >= 11 is 6.05. The highest BCUT2D eigenvalue weighted by molar-refractivity contribution is 7.48. The van der Waals surface area contributed by atoms with Crippen molar-refractivity contribution in [1.29, 1.82) is 0 Å². The van der Waals surface area contributed by atoms with Gasteiger partial charge < -0.3 is 4.52 Å². The summed E-state index contributed by atoms with van der Waals surface area (Å²) in [7, 11) is -1.07. The second-order valence-electron chi connectivity index (χ2n) is 4.33. The summed E-state index contributed by atoms with van der Waals surface area (Å²) in [6.07, 6.45) is 1.37. The molecule has 0 saturated carbocycles. The van der Waals surface area contributed by atoms with Crippen molar-refractivity contribution < 1.29 is 18.1 Å². The molecule has 2 aromatic rings. The van der Waals surface area contributed by atoms with Crippen molar-refractivity contribution in [1.82, 2.24) is 0 Å². The van der Waals surface area contributed by atoms with Crippen LogP contribution >= 0.6 is 19.4 Å². The molecule has 0 spiro atoms. The smallest absolute Gasteiger partial charge is 0.411 e. The Bertz CT molecular complexity index is 692. The summed E-state index contributed by atoms with van der Waals surface area (Å²) < 4.78 is 26.8. The molecule has 0 unspecified atom stereocenters. The predicted molar refractivity (Wildman–Crippen MR) is 87.7 cm³/mol. The van der Waals surface area contributed by atoms with E-state index < -0.39 is 7.82 Å². The monoisotopic (exact) mass is 338 g/mol. The number of halogens is 1. The molecule has 0 atom stereocenters. The largest absolute Gasteiger partial charge is 0.528 e. The van der Waals surface area contributed by atoms with E-state index in [1.165, 1.54) is 20.5 Å². The van der Waals surface area contributed by atoms with E-state index in [4.69, 9.17) is 25.2 Å². The lowest BCUT2D eigenvalue weighted by Crippen LogP contribution is -1.93. The van der Waals surface area contributed by atoms with Crippen molar-refractivity contribution in [2.24, 2.45) is 0 Å². The van der Waals surface area contributed by atoms with Gasteiger partial charge in [0.25, 0.3) is 0 Å². The first-order chi connectivity index (χ1) is 10.6. The van der Waals surface area contributed by atoms with E-state index in [1.54, 1.807) is 12.1 Å². The SMILES string of the molecule is COP(=O)(OC)O/C=C(\c1ccccc1)c1cccc(Cl)c1. The standard InChI is InChI=1S/C16H16ClO4P/c1-19-22(18,20-2)21-12-16(13-7-4-3-5-8-13)14-9-6-10-15(17)11-14/h3-12H,1-2H3/b16-12+. The molecule has 0 aromatic heterocycles. The van der Waals surface area contributed by atoms with Gasteiger partial charge in [0, 0.05) is 24.8 Å². The summed E-state index contributed by atoms with van der Waals surface area (Å²) in [5.41, 5.74) is 2.44. The predicted octanol–water partition coefficient (Wildman–Crippen LogP) is 5.15. The Kier molecular flexibility index (Phi) is 5.81. The van der Waals surface area contributed by atoms with Gasteiger partial charge in [-0.3, -0.25) is 9.05 Å². The van der Waals surface area contributed by atoms with Gasteiger partial charge in [0.15, 0.2) is 0 Å². The summed E-state index contributed by atoms with van der Waals surface area (Å²) in [5, 5.41) is 0.598. The van der Waals surface area contributed by atoms with E-state index in [0.29, 0.717) is 5.02 Å². The molecule has 0 saturated heterocycles. The van der Waals surface area contributed by atoms with Gasteiger partial charge >= 0.3 is 7.82 Å². The highest BCUT2D eigenvalue weighted by atomic mass is 35.5. The van der Waals surface area contributed by atoms with Crippen LogP contribution in [-0.4, -0.2) is 14.2 Å². The molecule has 0 N–H and O–H groups in total. The van der Waals surface area contributed by atoms with Crippen LogP contribution in [0.2, 0.25) is 5.02 Å². The number of phosphoric ester groups is 1. The molecule has 0 bridgehead atoms. The average molecular weight is 339 g/mol. The minimum absolute atomic E-state index is 0.598. The first-order valence-electron chi connectivity index (χ1n) is 6.49. The van der Waals surface area contributed by atoms with Crippen molar-refractivity contribution in [2.75, 3.05) is 14.2 Å². The van der Waals surface area contributed by atoms with Crippen molar-refractivity contribution in [2.45, 2.75) is 0 Å². The minimum Gasteiger partial charge on any atom is -0.411 e. The lowest BCUT2D eigenvalue weighted by molar-refractivity contribution is 0.194. The third kappa shape index (κ3) is 4.21.